The van der Waals surface area contributed by atoms with Crippen LogP contribution in [0.15, 0.2) is 52.3 Å². The number of nitrogens with zero attached hydrogens (tertiary/aromatic N) is 2. The molecule has 0 N–H and O–H groups in total. The molecular weight excluding hydrogens is 316 g/mol. The number of nitro benzene ring substituents is 1. The van der Waals surface area contributed by atoms with E-state index in [9.17, 15) is 14.9 Å². The van der Waals surface area contributed by atoms with E-state index < -0.39 is 4.92 Å². The van der Waals surface area contributed by atoms with Gasteiger partial charge in [-0.05, 0) is 24.3 Å². The molecule has 0 spiro atoms. The van der Waals surface area contributed by atoms with Gasteiger partial charge in [0.2, 0.25) is 0 Å². The van der Waals surface area contributed by atoms with Crippen molar-refractivity contribution in [1.29, 1.82) is 0 Å². The van der Waals surface area contributed by atoms with Crippen molar-refractivity contribution in [2.45, 2.75) is 9.79 Å². The maximum atomic E-state index is 12.4. The molecule has 0 atom stereocenters. The van der Waals surface area contributed by atoms with Crippen LogP contribution in [0.2, 0.25) is 0 Å². The number of amides is 1. The van der Waals surface area contributed by atoms with Crippen LogP contribution in [0, 0.1) is 10.1 Å². The fraction of sp³-hybridized carbons (Fsp3) is 0.188. The van der Waals surface area contributed by atoms with E-state index in [1.165, 1.54) is 29.8 Å². The molecule has 0 saturated heterocycles. The lowest BCUT2D eigenvalue weighted by Crippen LogP contribution is -2.22. The van der Waals surface area contributed by atoms with E-state index in [-0.39, 0.29) is 11.6 Å². The summed E-state index contributed by atoms with van der Waals surface area (Å²) in [5.41, 5.74) is 0.453. The number of para-hydroxylation sites is 1. The third kappa shape index (κ3) is 3.81. The van der Waals surface area contributed by atoms with Gasteiger partial charge >= 0.3 is 0 Å². The summed E-state index contributed by atoms with van der Waals surface area (Å²) in [6, 6.07) is 11.5. The molecule has 0 radical (unpaired) electrons. The molecule has 6 nitrogen and oxygen atoms in total. The van der Waals surface area contributed by atoms with Crippen LogP contribution in [-0.4, -0.2) is 36.9 Å². The van der Waals surface area contributed by atoms with Crippen LogP contribution >= 0.6 is 11.8 Å². The highest BCUT2D eigenvalue weighted by Gasteiger charge is 2.19. The van der Waals surface area contributed by atoms with Crippen LogP contribution in [0.5, 0.6) is 5.75 Å². The van der Waals surface area contributed by atoms with Crippen molar-refractivity contribution in [3.63, 3.8) is 0 Å². The topological polar surface area (TPSA) is 72.7 Å². The average Bonchev–Trinajstić information content (AvgIpc) is 2.54. The second kappa shape index (κ2) is 7.15. The van der Waals surface area contributed by atoms with E-state index in [0.29, 0.717) is 21.1 Å². The molecule has 23 heavy (non-hydrogen) atoms. The Morgan fingerprint density at radius 2 is 1.87 bits per heavy atom. The van der Waals surface area contributed by atoms with E-state index in [2.05, 4.69) is 0 Å². The molecule has 0 aliphatic rings. The van der Waals surface area contributed by atoms with Crippen molar-refractivity contribution in [2.75, 3.05) is 21.2 Å². The Bertz CT molecular complexity index is 747. The Morgan fingerprint density at radius 1 is 1.17 bits per heavy atom. The largest absolute Gasteiger partial charge is 0.497 e. The first-order valence-electron chi connectivity index (χ1n) is 6.75. The fourth-order valence-electron chi connectivity index (χ4n) is 1.95. The van der Waals surface area contributed by atoms with Gasteiger partial charge in [-0.2, -0.15) is 0 Å². The summed E-state index contributed by atoms with van der Waals surface area (Å²) >= 11 is 1.19. The number of carbonyl (C=O) groups is 1. The third-order valence-electron chi connectivity index (χ3n) is 3.11. The molecule has 0 saturated carbocycles. The van der Waals surface area contributed by atoms with Gasteiger partial charge in [0.15, 0.2) is 0 Å². The van der Waals surface area contributed by atoms with Crippen LogP contribution in [-0.2, 0) is 0 Å². The van der Waals surface area contributed by atoms with Gasteiger partial charge in [0.25, 0.3) is 11.6 Å². The first-order chi connectivity index (χ1) is 10.9. The van der Waals surface area contributed by atoms with Crippen molar-refractivity contribution in [1.82, 2.24) is 4.90 Å². The Hall–Kier alpha value is -2.54. The standard InChI is InChI=1S/C16H16N2O4S/c1-17(2)16(19)12-10-11(22-3)8-9-14(12)23-15-7-5-4-6-13(15)18(20)21/h4-10H,1-3H3. The highest BCUT2D eigenvalue weighted by atomic mass is 32.2. The fourth-order valence-corrected chi connectivity index (χ4v) is 2.97. The molecule has 0 fully saturated rings. The van der Waals surface area contributed by atoms with Crippen LogP contribution in [0.1, 0.15) is 10.4 Å². The number of rotatable bonds is 5. The number of benzene rings is 2. The third-order valence-corrected chi connectivity index (χ3v) is 4.25. The second-order valence-electron chi connectivity index (χ2n) is 4.89. The monoisotopic (exact) mass is 332 g/mol. The van der Waals surface area contributed by atoms with Gasteiger partial charge in [-0.15, -0.1) is 0 Å². The summed E-state index contributed by atoms with van der Waals surface area (Å²) < 4.78 is 5.16. The zero-order chi connectivity index (χ0) is 17.0. The van der Waals surface area contributed by atoms with Crippen LogP contribution in [0.25, 0.3) is 0 Å². The molecule has 0 bridgehead atoms. The van der Waals surface area contributed by atoms with E-state index in [4.69, 9.17) is 4.74 Å². The quantitative estimate of drug-likeness (QED) is 0.619. The lowest BCUT2D eigenvalue weighted by atomic mass is 10.2. The predicted molar refractivity (Wildman–Crippen MR) is 88.2 cm³/mol. The normalized spacial score (nSPS) is 10.2. The lowest BCUT2D eigenvalue weighted by Gasteiger charge is -2.15. The number of hydrogen-bond donors (Lipinski definition) is 0. The maximum absolute atomic E-state index is 12.4. The van der Waals surface area contributed by atoms with Crippen molar-refractivity contribution in [3.8, 4) is 5.75 Å². The van der Waals surface area contributed by atoms with Gasteiger partial charge < -0.3 is 9.64 Å². The Morgan fingerprint density at radius 3 is 2.48 bits per heavy atom. The zero-order valence-electron chi connectivity index (χ0n) is 13.0. The molecule has 0 heterocycles. The van der Waals surface area contributed by atoms with Gasteiger partial charge in [0.05, 0.1) is 22.5 Å². The summed E-state index contributed by atoms with van der Waals surface area (Å²) in [4.78, 5) is 25.6. The summed E-state index contributed by atoms with van der Waals surface area (Å²) in [7, 11) is 4.83. The molecule has 0 aliphatic carbocycles. The van der Waals surface area contributed by atoms with Gasteiger partial charge in [-0.3, -0.25) is 14.9 Å². The van der Waals surface area contributed by atoms with Gasteiger partial charge in [0.1, 0.15) is 5.75 Å². The second-order valence-corrected chi connectivity index (χ2v) is 5.97. The summed E-state index contributed by atoms with van der Waals surface area (Å²) in [6.07, 6.45) is 0. The van der Waals surface area contributed by atoms with Crippen molar-refractivity contribution >= 4 is 23.4 Å². The lowest BCUT2D eigenvalue weighted by molar-refractivity contribution is -0.387. The molecule has 2 aromatic rings. The average molecular weight is 332 g/mol. The minimum Gasteiger partial charge on any atom is -0.497 e. The number of methoxy groups -OCH3 is 1. The number of hydrogen-bond acceptors (Lipinski definition) is 5. The molecule has 0 aromatic heterocycles. The Labute approximate surface area is 138 Å². The summed E-state index contributed by atoms with van der Waals surface area (Å²) in [5, 5.41) is 11.1. The predicted octanol–water partition coefficient (Wildman–Crippen LogP) is 3.46. The van der Waals surface area contributed by atoms with Crippen LogP contribution < -0.4 is 4.74 Å². The number of ether oxygens (including phenoxy) is 1. The van der Waals surface area contributed by atoms with Crippen LogP contribution in [0.4, 0.5) is 5.69 Å². The first-order valence-corrected chi connectivity index (χ1v) is 7.56. The SMILES string of the molecule is COc1ccc(Sc2ccccc2[N+](=O)[O-])c(C(=O)N(C)C)c1. The number of carbonyl (C=O) groups excluding carboxylic acids is 1. The minimum absolute atomic E-state index is 0.0107. The molecular formula is C16H16N2O4S. The minimum atomic E-state index is -0.431. The van der Waals surface area contributed by atoms with Gasteiger partial charge in [0, 0.05) is 25.1 Å². The van der Waals surface area contributed by atoms with Crippen molar-refractivity contribution in [2.24, 2.45) is 0 Å². The Kier molecular flexibility index (Phi) is 5.23. The highest BCUT2D eigenvalue weighted by Crippen LogP contribution is 2.37. The van der Waals surface area contributed by atoms with Gasteiger partial charge in [-0.1, -0.05) is 23.9 Å². The smallest absolute Gasteiger partial charge is 0.283 e. The molecule has 7 heteroatoms. The van der Waals surface area contributed by atoms with E-state index >= 15 is 0 Å². The van der Waals surface area contributed by atoms with Crippen molar-refractivity contribution < 1.29 is 14.5 Å². The highest BCUT2D eigenvalue weighted by molar-refractivity contribution is 7.99. The molecule has 0 unspecified atom stereocenters. The Balaban J connectivity index is 2.48. The van der Waals surface area contributed by atoms with Gasteiger partial charge in [-0.25, -0.2) is 0 Å². The molecule has 2 aromatic carbocycles. The van der Waals surface area contributed by atoms with E-state index in [1.807, 2.05) is 0 Å². The summed E-state index contributed by atoms with van der Waals surface area (Å²) in [5.74, 6) is 0.368. The molecule has 2 rings (SSSR count). The van der Waals surface area contributed by atoms with Crippen molar-refractivity contribution in [3.05, 3.63) is 58.1 Å². The summed E-state index contributed by atoms with van der Waals surface area (Å²) in [6.45, 7) is 0. The number of nitro groups is 1. The first kappa shape index (κ1) is 16.8. The molecule has 1 amide bonds. The van der Waals surface area contributed by atoms with E-state index in [0.717, 1.165) is 0 Å². The van der Waals surface area contributed by atoms with E-state index in [1.54, 1.807) is 50.5 Å². The molecule has 120 valence electrons. The maximum Gasteiger partial charge on any atom is 0.283 e. The van der Waals surface area contributed by atoms with Crippen LogP contribution in [0.3, 0.4) is 0 Å². The zero-order valence-corrected chi connectivity index (χ0v) is 13.8. The molecule has 0 aliphatic heterocycles.